The number of hydrogen-bond donors (Lipinski definition) is 1. The second-order valence-corrected chi connectivity index (χ2v) is 9.37. The van der Waals surface area contributed by atoms with Crippen molar-refractivity contribution in [2.75, 3.05) is 20.2 Å². The Morgan fingerprint density at radius 1 is 1.21 bits per heavy atom. The highest BCUT2D eigenvalue weighted by atomic mass is 16.5. The number of nitrogens with one attached hydrogen (secondary N) is 1. The fourth-order valence-electron chi connectivity index (χ4n) is 5.41. The lowest BCUT2D eigenvalue weighted by atomic mass is 9.66. The number of ether oxygens (including phenoxy) is 1. The summed E-state index contributed by atoms with van der Waals surface area (Å²) in [6, 6.07) is 6.11. The molecule has 1 heterocycles. The van der Waals surface area contributed by atoms with Crippen LogP contribution in [0.4, 0.5) is 0 Å². The topological polar surface area (TPSA) is 58.6 Å². The van der Waals surface area contributed by atoms with E-state index in [0.717, 1.165) is 49.2 Å². The number of aryl methyl sites for hydroxylation is 1. The molecule has 1 saturated heterocycles. The van der Waals surface area contributed by atoms with Gasteiger partial charge in [0, 0.05) is 31.1 Å². The normalized spacial score (nSPS) is 23.2. The smallest absolute Gasteiger partial charge is 0.254 e. The molecule has 5 nitrogen and oxygen atoms in total. The van der Waals surface area contributed by atoms with E-state index in [0.29, 0.717) is 18.4 Å². The van der Waals surface area contributed by atoms with Crippen molar-refractivity contribution in [2.24, 2.45) is 11.3 Å². The molecule has 1 aliphatic heterocycles. The molecular formula is C24H34N2O3. The van der Waals surface area contributed by atoms with Gasteiger partial charge in [0.15, 0.2) is 0 Å². The molecule has 1 atom stereocenters. The van der Waals surface area contributed by atoms with Crippen molar-refractivity contribution in [1.29, 1.82) is 0 Å². The third-order valence-electron chi connectivity index (χ3n) is 7.28. The number of nitrogens with zero attached hydrogens (tertiary/aromatic N) is 1. The Morgan fingerprint density at radius 2 is 1.97 bits per heavy atom. The number of hydrogen-bond acceptors (Lipinski definition) is 3. The van der Waals surface area contributed by atoms with Gasteiger partial charge >= 0.3 is 0 Å². The van der Waals surface area contributed by atoms with Gasteiger partial charge in [-0.2, -0.15) is 0 Å². The molecule has 2 amide bonds. The largest absolute Gasteiger partial charge is 0.497 e. The zero-order valence-corrected chi connectivity index (χ0v) is 17.8. The summed E-state index contributed by atoms with van der Waals surface area (Å²) >= 11 is 0. The standard InChI is InChI=1S/C24H34N2O3/c1-17-14-20(29-2)9-10-21(17)23(28)26-15-18(6-11-22(27)25-19-7-8-19)24(16-26)12-4-3-5-13-24/h9-10,14,18-19H,3-8,11-13,15-16H2,1-2H3,(H,25,27). The first-order valence-corrected chi connectivity index (χ1v) is 11.2. The number of carbonyl (C=O) groups is 2. The quantitative estimate of drug-likeness (QED) is 0.785. The number of benzene rings is 1. The van der Waals surface area contributed by atoms with Crippen molar-refractivity contribution in [2.45, 2.75) is 70.8 Å². The third kappa shape index (κ3) is 4.44. The number of amides is 2. The lowest BCUT2D eigenvalue weighted by Crippen LogP contribution is -2.35. The zero-order valence-electron chi connectivity index (χ0n) is 17.8. The molecule has 1 N–H and O–H groups in total. The molecule has 0 aromatic heterocycles. The molecule has 1 aromatic carbocycles. The minimum atomic E-state index is 0.125. The average molecular weight is 399 g/mol. The molecule has 0 bridgehead atoms. The van der Waals surface area contributed by atoms with E-state index in [1.54, 1.807) is 7.11 Å². The maximum Gasteiger partial charge on any atom is 0.254 e. The molecular weight excluding hydrogens is 364 g/mol. The van der Waals surface area contributed by atoms with Crippen molar-refractivity contribution in [3.8, 4) is 5.75 Å². The summed E-state index contributed by atoms with van der Waals surface area (Å²) in [5.74, 6) is 1.52. The van der Waals surface area contributed by atoms with Crippen LogP contribution in [0.15, 0.2) is 18.2 Å². The average Bonchev–Trinajstić information content (AvgIpc) is 3.47. The first kappa shape index (κ1) is 20.2. The lowest BCUT2D eigenvalue weighted by molar-refractivity contribution is -0.121. The van der Waals surface area contributed by atoms with Crippen LogP contribution in [0.1, 0.15) is 73.7 Å². The van der Waals surface area contributed by atoms with E-state index in [9.17, 15) is 9.59 Å². The van der Waals surface area contributed by atoms with Crippen molar-refractivity contribution in [3.63, 3.8) is 0 Å². The number of carbonyl (C=O) groups excluding carboxylic acids is 2. The van der Waals surface area contributed by atoms with Gasteiger partial charge in [-0.1, -0.05) is 19.3 Å². The summed E-state index contributed by atoms with van der Waals surface area (Å²) in [7, 11) is 1.65. The van der Waals surface area contributed by atoms with Crippen molar-refractivity contribution < 1.29 is 14.3 Å². The molecule has 4 rings (SSSR count). The van der Waals surface area contributed by atoms with Crippen LogP contribution in [0.5, 0.6) is 5.75 Å². The van der Waals surface area contributed by atoms with Crippen LogP contribution in [0.2, 0.25) is 0 Å². The minimum Gasteiger partial charge on any atom is -0.497 e. The van der Waals surface area contributed by atoms with Crippen LogP contribution >= 0.6 is 0 Å². The van der Waals surface area contributed by atoms with E-state index < -0.39 is 0 Å². The molecule has 3 fully saturated rings. The Labute approximate surface area is 174 Å². The van der Waals surface area contributed by atoms with E-state index in [1.165, 1.54) is 32.1 Å². The van der Waals surface area contributed by atoms with E-state index in [2.05, 4.69) is 10.2 Å². The van der Waals surface area contributed by atoms with E-state index in [-0.39, 0.29) is 17.2 Å². The predicted molar refractivity (Wildman–Crippen MR) is 113 cm³/mol. The molecule has 3 aliphatic rings. The Morgan fingerprint density at radius 3 is 2.62 bits per heavy atom. The summed E-state index contributed by atoms with van der Waals surface area (Å²) in [4.78, 5) is 27.7. The highest BCUT2D eigenvalue weighted by molar-refractivity contribution is 5.96. The zero-order chi connectivity index (χ0) is 20.4. The lowest BCUT2D eigenvalue weighted by Gasteiger charge is -2.38. The van der Waals surface area contributed by atoms with Gasteiger partial charge in [-0.05, 0) is 74.1 Å². The van der Waals surface area contributed by atoms with Gasteiger partial charge < -0.3 is 15.0 Å². The molecule has 5 heteroatoms. The summed E-state index contributed by atoms with van der Waals surface area (Å²) in [5, 5.41) is 3.12. The van der Waals surface area contributed by atoms with Crippen molar-refractivity contribution in [3.05, 3.63) is 29.3 Å². The Kier molecular flexibility index (Phi) is 5.84. The van der Waals surface area contributed by atoms with Crippen LogP contribution in [-0.4, -0.2) is 43.0 Å². The molecule has 29 heavy (non-hydrogen) atoms. The number of methoxy groups -OCH3 is 1. The van der Waals surface area contributed by atoms with E-state index in [1.807, 2.05) is 25.1 Å². The second kappa shape index (κ2) is 8.37. The van der Waals surface area contributed by atoms with Crippen LogP contribution in [-0.2, 0) is 4.79 Å². The van der Waals surface area contributed by atoms with Crippen molar-refractivity contribution in [1.82, 2.24) is 10.2 Å². The fourth-order valence-corrected chi connectivity index (χ4v) is 5.41. The molecule has 2 saturated carbocycles. The maximum atomic E-state index is 13.3. The molecule has 1 spiro atoms. The predicted octanol–water partition coefficient (Wildman–Crippen LogP) is 4.08. The molecule has 1 aromatic rings. The van der Waals surface area contributed by atoms with Crippen molar-refractivity contribution >= 4 is 11.8 Å². The van der Waals surface area contributed by atoms with Gasteiger partial charge in [-0.25, -0.2) is 0 Å². The summed E-state index contributed by atoms with van der Waals surface area (Å²) < 4.78 is 5.29. The fraction of sp³-hybridized carbons (Fsp3) is 0.667. The molecule has 158 valence electrons. The third-order valence-corrected chi connectivity index (χ3v) is 7.28. The highest BCUT2D eigenvalue weighted by Crippen LogP contribution is 2.49. The number of rotatable bonds is 6. The van der Waals surface area contributed by atoms with Gasteiger partial charge in [0.05, 0.1) is 7.11 Å². The monoisotopic (exact) mass is 398 g/mol. The highest BCUT2D eigenvalue weighted by Gasteiger charge is 2.48. The van der Waals surface area contributed by atoms with Gasteiger partial charge in [-0.3, -0.25) is 9.59 Å². The Hall–Kier alpha value is -2.04. The van der Waals surface area contributed by atoms with Gasteiger partial charge in [0.25, 0.3) is 5.91 Å². The van der Waals surface area contributed by atoms with Gasteiger partial charge in [0.2, 0.25) is 5.91 Å². The Bertz CT molecular complexity index is 765. The Balaban J connectivity index is 1.46. The first-order valence-electron chi connectivity index (χ1n) is 11.2. The van der Waals surface area contributed by atoms with Crippen LogP contribution in [0.25, 0.3) is 0 Å². The molecule has 0 radical (unpaired) electrons. The SMILES string of the molecule is COc1ccc(C(=O)N2CC(CCC(=O)NC3CC3)C3(CCCCC3)C2)c(C)c1. The van der Waals surface area contributed by atoms with Crippen LogP contribution < -0.4 is 10.1 Å². The van der Waals surface area contributed by atoms with Crippen LogP contribution in [0.3, 0.4) is 0 Å². The molecule has 1 unspecified atom stereocenters. The van der Waals surface area contributed by atoms with Gasteiger partial charge in [-0.15, -0.1) is 0 Å². The van der Waals surface area contributed by atoms with E-state index >= 15 is 0 Å². The molecule has 2 aliphatic carbocycles. The first-order chi connectivity index (χ1) is 14.0. The maximum absolute atomic E-state index is 13.3. The van der Waals surface area contributed by atoms with Gasteiger partial charge in [0.1, 0.15) is 5.75 Å². The van der Waals surface area contributed by atoms with E-state index in [4.69, 9.17) is 4.74 Å². The summed E-state index contributed by atoms with van der Waals surface area (Å²) in [6.45, 7) is 3.59. The minimum absolute atomic E-state index is 0.125. The second-order valence-electron chi connectivity index (χ2n) is 9.37. The number of likely N-dealkylation sites (tertiary alicyclic amines) is 1. The summed E-state index contributed by atoms with van der Waals surface area (Å²) in [6.07, 6.45) is 9.90. The summed E-state index contributed by atoms with van der Waals surface area (Å²) in [5.41, 5.74) is 1.93. The van der Waals surface area contributed by atoms with Crippen LogP contribution in [0, 0.1) is 18.3 Å².